The van der Waals surface area contributed by atoms with Crippen molar-refractivity contribution >= 4 is 34.1 Å². The number of hydrogen-bond donors (Lipinski definition) is 1. The van der Waals surface area contributed by atoms with Crippen molar-refractivity contribution in [1.82, 2.24) is 10.1 Å². The lowest BCUT2D eigenvalue weighted by molar-refractivity contribution is -0.652. The first kappa shape index (κ1) is 12.9. The molecular weight excluding hydrogens is 302 g/mol. The van der Waals surface area contributed by atoms with Crippen LogP contribution in [0.2, 0.25) is 10.0 Å². The fourth-order valence-corrected chi connectivity index (χ4v) is 2.61. The van der Waals surface area contributed by atoms with Crippen LogP contribution in [0, 0.1) is 17.1 Å². The molecule has 1 N–H and O–H groups in total. The van der Waals surface area contributed by atoms with Gasteiger partial charge < -0.3 is 0 Å². The maximum atomic E-state index is 13.6. The van der Waals surface area contributed by atoms with E-state index >= 15 is 0 Å². The van der Waals surface area contributed by atoms with Crippen LogP contribution in [0.25, 0.3) is 16.6 Å². The predicted molar refractivity (Wildman–Crippen MR) is 72.3 cm³/mol. The Hall–Kier alpha value is -2.16. The molecular formula is C13H6Cl2FN4+. The molecule has 0 aliphatic rings. The molecule has 0 saturated heterocycles. The van der Waals surface area contributed by atoms with Gasteiger partial charge in [0.2, 0.25) is 6.20 Å². The molecule has 3 aromatic rings. The average Bonchev–Trinajstić information content (AvgIpc) is 2.82. The van der Waals surface area contributed by atoms with Crippen molar-refractivity contribution in [3.8, 4) is 11.8 Å². The molecule has 7 heteroatoms. The first-order chi connectivity index (χ1) is 9.60. The second-order valence-electron chi connectivity index (χ2n) is 4.10. The van der Waals surface area contributed by atoms with Gasteiger partial charge in [-0.25, -0.2) is 4.39 Å². The third kappa shape index (κ3) is 1.99. The summed E-state index contributed by atoms with van der Waals surface area (Å²) in [5, 5.41) is 12.9. The summed E-state index contributed by atoms with van der Waals surface area (Å²) in [6.07, 6.45) is 4.27. The summed E-state index contributed by atoms with van der Waals surface area (Å²) in [5.74, 6) is -0.470. The molecule has 0 amide bonds. The fraction of sp³-hybridized carbons (Fsp3) is 0. The van der Waals surface area contributed by atoms with E-state index in [9.17, 15) is 4.39 Å². The molecule has 0 spiro atoms. The Morgan fingerprint density at radius 2 is 1.95 bits per heavy atom. The molecule has 2 aromatic heterocycles. The van der Waals surface area contributed by atoms with E-state index in [0.717, 1.165) is 6.20 Å². The second-order valence-corrected chi connectivity index (χ2v) is 4.91. The lowest BCUT2D eigenvalue weighted by Crippen LogP contribution is -2.32. The SMILES string of the molecule is N#Cc1cc(Cl)c(-[n+]2cc3cncc(F)c3[nH]2)c(Cl)c1. The van der Waals surface area contributed by atoms with Crippen molar-refractivity contribution in [3.63, 3.8) is 0 Å². The largest absolute Gasteiger partial charge is 0.272 e. The van der Waals surface area contributed by atoms with Crippen LogP contribution in [0.5, 0.6) is 0 Å². The number of halogens is 3. The Balaban J connectivity index is 2.26. The van der Waals surface area contributed by atoms with Gasteiger partial charge in [-0.15, -0.1) is 0 Å². The fourth-order valence-electron chi connectivity index (χ4n) is 1.94. The van der Waals surface area contributed by atoms with Gasteiger partial charge in [-0.1, -0.05) is 27.9 Å². The number of benzene rings is 1. The minimum atomic E-state index is -0.470. The minimum absolute atomic E-state index is 0.291. The van der Waals surface area contributed by atoms with Crippen LogP contribution < -0.4 is 4.68 Å². The van der Waals surface area contributed by atoms with Crippen LogP contribution in [0.15, 0.2) is 30.7 Å². The molecule has 0 fully saturated rings. The second kappa shape index (κ2) is 4.75. The summed E-state index contributed by atoms with van der Waals surface area (Å²) in [6.45, 7) is 0. The molecule has 1 aromatic carbocycles. The van der Waals surface area contributed by atoms with Crippen LogP contribution in [-0.4, -0.2) is 10.1 Å². The Morgan fingerprint density at radius 3 is 2.55 bits per heavy atom. The number of aromatic nitrogens is 3. The van der Waals surface area contributed by atoms with Crippen molar-refractivity contribution in [1.29, 1.82) is 5.26 Å². The third-order valence-electron chi connectivity index (χ3n) is 2.82. The van der Waals surface area contributed by atoms with E-state index in [1.807, 2.05) is 6.07 Å². The summed E-state index contributed by atoms with van der Waals surface area (Å²) in [6, 6.07) is 4.96. The van der Waals surface area contributed by atoms with Crippen molar-refractivity contribution in [2.75, 3.05) is 0 Å². The monoisotopic (exact) mass is 307 g/mol. The normalized spacial score (nSPS) is 10.7. The highest BCUT2D eigenvalue weighted by molar-refractivity contribution is 6.37. The van der Waals surface area contributed by atoms with Gasteiger partial charge in [-0.2, -0.15) is 10.4 Å². The van der Waals surface area contributed by atoms with Crippen molar-refractivity contribution in [2.45, 2.75) is 0 Å². The highest BCUT2D eigenvalue weighted by Gasteiger charge is 2.21. The minimum Gasteiger partial charge on any atom is -0.261 e. The number of rotatable bonds is 1. The molecule has 0 unspecified atom stereocenters. The zero-order valence-corrected chi connectivity index (χ0v) is 11.4. The van der Waals surface area contributed by atoms with Gasteiger partial charge in [0.05, 0.1) is 23.2 Å². The van der Waals surface area contributed by atoms with E-state index in [-0.39, 0.29) is 0 Å². The quantitative estimate of drug-likeness (QED) is 0.702. The Bertz CT molecular complexity index is 843. The van der Waals surface area contributed by atoms with E-state index < -0.39 is 5.82 Å². The molecule has 0 bridgehead atoms. The number of nitriles is 1. The lowest BCUT2D eigenvalue weighted by Gasteiger charge is -1.99. The molecule has 0 atom stereocenters. The summed E-state index contributed by atoms with van der Waals surface area (Å²) in [4.78, 5) is 3.77. The number of pyridine rings is 1. The molecule has 3 rings (SSSR count). The predicted octanol–water partition coefficient (Wildman–Crippen LogP) is 3.16. The molecule has 98 valence electrons. The molecule has 2 heterocycles. The van der Waals surface area contributed by atoms with Gasteiger partial charge >= 0.3 is 0 Å². The van der Waals surface area contributed by atoms with Gasteiger partial charge in [0.15, 0.2) is 5.82 Å². The van der Waals surface area contributed by atoms with Crippen LogP contribution in [0.1, 0.15) is 5.56 Å². The van der Waals surface area contributed by atoms with Crippen LogP contribution in [0.3, 0.4) is 0 Å². The van der Waals surface area contributed by atoms with E-state index in [1.165, 1.54) is 23.0 Å². The summed E-state index contributed by atoms with van der Waals surface area (Å²) >= 11 is 12.3. The smallest absolute Gasteiger partial charge is 0.261 e. The van der Waals surface area contributed by atoms with Crippen molar-refractivity contribution < 1.29 is 9.07 Å². The third-order valence-corrected chi connectivity index (χ3v) is 3.39. The highest BCUT2D eigenvalue weighted by atomic mass is 35.5. The van der Waals surface area contributed by atoms with Gasteiger partial charge in [0.1, 0.15) is 15.6 Å². The van der Waals surface area contributed by atoms with E-state index in [2.05, 4.69) is 10.1 Å². The molecule has 0 radical (unpaired) electrons. The molecule has 0 saturated carbocycles. The van der Waals surface area contributed by atoms with E-state index in [4.69, 9.17) is 28.5 Å². The average molecular weight is 308 g/mol. The van der Waals surface area contributed by atoms with Crippen LogP contribution in [0.4, 0.5) is 4.39 Å². The van der Waals surface area contributed by atoms with Gasteiger partial charge in [-0.3, -0.25) is 4.98 Å². The Kier molecular flexibility index (Phi) is 3.05. The zero-order valence-electron chi connectivity index (χ0n) is 9.86. The summed E-state index contributed by atoms with van der Waals surface area (Å²) < 4.78 is 15.1. The Morgan fingerprint density at radius 1 is 1.25 bits per heavy atom. The van der Waals surface area contributed by atoms with Gasteiger partial charge in [0.25, 0.3) is 5.69 Å². The van der Waals surface area contributed by atoms with Crippen molar-refractivity contribution in [3.05, 3.63) is 52.1 Å². The van der Waals surface area contributed by atoms with E-state index in [0.29, 0.717) is 32.2 Å². The number of nitrogens with one attached hydrogen (secondary N) is 1. The summed E-state index contributed by atoms with van der Waals surface area (Å²) in [7, 11) is 0. The number of H-pyrrole nitrogens is 1. The molecule has 0 aliphatic heterocycles. The molecule has 4 nitrogen and oxygen atoms in total. The maximum absolute atomic E-state index is 13.6. The summed E-state index contributed by atoms with van der Waals surface area (Å²) in [5.41, 5.74) is 1.10. The molecule has 0 aliphatic carbocycles. The van der Waals surface area contributed by atoms with Gasteiger partial charge in [-0.05, 0) is 12.1 Å². The number of nitrogens with zero attached hydrogens (tertiary/aromatic N) is 3. The topological polar surface area (TPSA) is 56.4 Å². The van der Waals surface area contributed by atoms with Crippen LogP contribution >= 0.6 is 23.2 Å². The maximum Gasteiger partial charge on any atom is 0.272 e. The first-order valence-electron chi connectivity index (χ1n) is 5.53. The number of aromatic amines is 1. The molecule has 20 heavy (non-hydrogen) atoms. The van der Waals surface area contributed by atoms with Crippen LogP contribution in [-0.2, 0) is 0 Å². The van der Waals surface area contributed by atoms with E-state index in [1.54, 1.807) is 6.20 Å². The Labute approximate surface area is 123 Å². The standard InChI is InChI=1S/C13H5Cl2FN4/c14-9-1-7(3-17)2-10(15)13(9)20-6-8-4-18-5-11(16)12(8)19-20/h1-2,4-6H/p+1. The van der Waals surface area contributed by atoms with Gasteiger partial charge in [0, 0.05) is 6.20 Å². The van der Waals surface area contributed by atoms with Crippen molar-refractivity contribution in [2.24, 2.45) is 0 Å². The number of fused-ring (bicyclic) bond motifs is 1. The highest BCUT2D eigenvalue weighted by Crippen LogP contribution is 2.27. The lowest BCUT2D eigenvalue weighted by atomic mass is 10.2. The first-order valence-corrected chi connectivity index (χ1v) is 6.29. The zero-order chi connectivity index (χ0) is 14.3. The number of hydrogen-bond acceptors (Lipinski definition) is 2.